The number of nitrogens with one attached hydrogen (secondary N) is 1. The summed E-state index contributed by atoms with van der Waals surface area (Å²) >= 11 is 12.7. The smallest absolute Gasteiger partial charge is 0.243 e. The van der Waals surface area contributed by atoms with Gasteiger partial charge in [-0.25, -0.2) is 0 Å². The van der Waals surface area contributed by atoms with Crippen LogP contribution in [0.15, 0.2) is 78.9 Å². The number of amides is 1. The fraction of sp³-hybridized carbons (Fsp3) is 0.143. The van der Waals surface area contributed by atoms with Crippen molar-refractivity contribution in [3.63, 3.8) is 0 Å². The number of ether oxygens (including phenoxy) is 1. The largest absolute Gasteiger partial charge is 0.497 e. The van der Waals surface area contributed by atoms with Crippen molar-refractivity contribution in [3.05, 3.63) is 106 Å². The zero-order valence-corrected chi connectivity index (χ0v) is 20.1. The number of hydrogen-bond donors (Lipinski definition) is 1. The van der Waals surface area contributed by atoms with E-state index in [9.17, 15) is 9.59 Å². The van der Waals surface area contributed by atoms with Gasteiger partial charge in [0.2, 0.25) is 5.91 Å². The van der Waals surface area contributed by atoms with E-state index in [-0.39, 0.29) is 16.4 Å². The summed E-state index contributed by atoms with van der Waals surface area (Å²) in [5, 5.41) is 5.58. The van der Waals surface area contributed by atoms with Gasteiger partial charge in [0, 0.05) is 10.9 Å². The van der Waals surface area contributed by atoms with Crippen LogP contribution in [0, 0.1) is 0 Å². The Labute approximate surface area is 207 Å². The number of rotatable bonds is 4. The molecule has 170 valence electrons. The van der Waals surface area contributed by atoms with E-state index in [1.54, 1.807) is 37.4 Å². The molecule has 0 fully saturated rings. The van der Waals surface area contributed by atoms with Gasteiger partial charge in [0.25, 0.3) is 0 Å². The standard InChI is InChI=1S/C28H21Cl2NO3/c1-16(18-8-7-17-5-3-4-6-19(17)13-18)28(20-9-11-22(34-2)12-10-20)26(32)25-23(30)14-21(29)15-24(25)31-27(28)33/h3-16H,1-2H3,(H,31,33). The molecule has 2 unspecified atom stereocenters. The molecule has 0 saturated carbocycles. The first-order valence-electron chi connectivity index (χ1n) is 10.8. The number of anilines is 1. The quantitative estimate of drug-likeness (QED) is 0.313. The van der Waals surface area contributed by atoms with Gasteiger partial charge >= 0.3 is 0 Å². The monoisotopic (exact) mass is 489 g/mol. The van der Waals surface area contributed by atoms with E-state index in [0.29, 0.717) is 22.0 Å². The van der Waals surface area contributed by atoms with E-state index in [0.717, 1.165) is 16.3 Å². The molecule has 4 aromatic carbocycles. The Balaban J connectivity index is 1.76. The Morgan fingerprint density at radius 3 is 2.29 bits per heavy atom. The highest BCUT2D eigenvalue weighted by molar-refractivity contribution is 6.41. The Kier molecular flexibility index (Phi) is 5.59. The van der Waals surface area contributed by atoms with E-state index in [1.807, 2.05) is 49.4 Å². The van der Waals surface area contributed by atoms with Crippen LogP contribution in [0.25, 0.3) is 10.8 Å². The highest BCUT2D eigenvalue weighted by Crippen LogP contribution is 2.49. The molecule has 1 amide bonds. The first-order valence-corrected chi connectivity index (χ1v) is 11.6. The summed E-state index contributed by atoms with van der Waals surface area (Å²) in [4.78, 5) is 28.2. The van der Waals surface area contributed by atoms with Crippen molar-refractivity contribution in [1.82, 2.24) is 0 Å². The van der Waals surface area contributed by atoms with Crippen molar-refractivity contribution in [1.29, 1.82) is 0 Å². The third-order valence-electron chi connectivity index (χ3n) is 6.71. The molecule has 0 saturated heterocycles. The molecule has 0 aliphatic carbocycles. The summed E-state index contributed by atoms with van der Waals surface area (Å²) in [5.41, 5.74) is 0.468. The normalized spacial score (nSPS) is 18.4. The van der Waals surface area contributed by atoms with Crippen LogP contribution in [0.5, 0.6) is 5.75 Å². The molecular weight excluding hydrogens is 469 g/mol. The Morgan fingerprint density at radius 1 is 0.882 bits per heavy atom. The summed E-state index contributed by atoms with van der Waals surface area (Å²) < 4.78 is 5.30. The summed E-state index contributed by atoms with van der Waals surface area (Å²) in [5.74, 6) is -0.656. The van der Waals surface area contributed by atoms with E-state index in [1.165, 1.54) is 6.07 Å². The zero-order chi connectivity index (χ0) is 24.0. The fourth-order valence-electron chi connectivity index (χ4n) is 4.91. The van der Waals surface area contributed by atoms with Crippen LogP contribution in [0.3, 0.4) is 0 Å². The van der Waals surface area contributed by atoms with Crippen molar-refractivity contribution < 1.29 is 14.3 Å². The minimum Gasteiger partial charge on any atom is -0.497 e. The van der Waals surface area contributed by atoms with Crippen molar-refractivity contribution in [3.8, 4) is 5.75 Å². The number of carbonyl (C=O) groups is 2. The van der Waals surface area contributed by atoms with Gasteiger partial charge in [-0.1, -0.05) is 84.7 Å². The lowest BCUT2D eigenvalue weighted by Gasteiger charge is -2.41. The second kappa shape index (κ2) is 8.46. The van der Waals surface area contributed by atoms with E-state index < -0.39 is 17.2 Å². The van der Waals surface area contributed by atoms with E-state index >= 15 is 0 Å². The Bertz CT molecular complexity index is 1450. The second-order valence-electron chi connectivity index (χ2n) is 8.46. The lowest BCUT2D eigenvalue weighted by Crippen LogP contribution is -2.54. The molecule has 2 atom stereocenters. The molecule has 0 bridgehead atoms. The molecule has 4 aromatic rings. The maximum absolute atomic E-state index is 14.3. The van der Waals surface area contributed by atoms with Crippen LogP contribution in [-0.4, -0.2) is 18.8 Å². The molecule has 6 heteroatoms. The lowest BCUT2D eigenvalue weighted by atomic mass is 9.62. The average molecular weight is 490 g/mol. The predicted octanol–water partition coefficient (Wildman–Crippen LogP) is 7.03. The zero-order valence-electron chi connectivity index (χ0n) is 18.6. The number of fused-ring (bicyclic) bond motifs is 2. The number of halogens is 2. The molecule has 1 aliphatic rings. The third kappa shape index (κ3) is 3.37. The van der Waals surface area contributed by atoms with Crippen LogP contribution in [0.4, 0.5) is 5.69 Å². The number of carbonyl (C=O) groups excluding carboxylic acids is 2. The summed E-state index contributed by atoms with van der Waals surface area (Å²) in [6, 6.07) is 24.1. The number of methoxy groups -OCH3 is 1. The highest BCUT2D eigenvalue weighted by atomic mass is 35.5. The molecule has 1 heterocycles. The average Bonchev–Trinajstić information content (AvgIpc) is 2.83. The summed E-state index contributed by atoms with van der Waals surface area (Å²) in [6.07, 6.45) is 0. The maximum Gasteiger partial charge on any atom is 0.243 e. The van der Waals surface area contributed by atoms with Crippen LogP contribution in [-0.2, 0) is 10.2 Å². The first kappa shape index (κ1) is 22.5. The molecule has 34 heavy (non-hydrogen) atoms. The lowest BCUT2D eigenvalue weighted by molar-refractivity contribution is -0.120. The molecule has 0 spiro atoms. The van der Waals surface area contributed by atoms with Crippen molar-refractivity contribution in [2.75, 3.05) is 12.4 Å². The predicted molar refractivity (Wildman–Crippen MR) is 136 cm³/mol. The highest BCUT2D eigenvalue weighted by Gasteiger charge is 2.55. The fourth-order valence-corrected chi connectivity index (χ4v) is 5.49. The van der Waals surface area contributed by atoms with Crippen molar-refractivity contribution in [2.45, 2.75) is 18.3 Å². The minimum atomic E-state index is -1.54. The molecule has 0 aromatic heterocycles. The molecule has 1 N–H and O–H groups in total. The molecule has 5 rings (SSSR count). The van der Waals surface area contributed by atoms with Crippen LogP contribution < -0.4 is 10.1 Å². The molecular formula is C28H21Cl2NO3. The molecule has 0 radical (unpaired) electrons. The minimum absolute atomic E-state index is 0.205. The third-order valence-corrected chi connectivity index (χ3v) is 7.23. The van der Waals surface area contributed by atoms with Gasteiger partial charge in [-0.15, -0.1) is 0 Å². The number of Topliss-reactive ketones (excluding diaryl/α,β-unsaturated/α-hetero) is 1. The number of hydrogen-bond acceptors (Lipinski definition) is 3. The summed E-state index contributed by atoms with van der Waals surface area (Å²) in [6.45, 7) is 1.90. The Morgan fingerprint density at radius 2 is 1.59 bits per heavy atom. The molecule has 4 nitrogen and oxygen atoms in total. The van der Waals surface area contributed by atoms with E-state index in [2.05, 4.69) is 5.32 Å². The van der Waals surface area contributed by atoms with Gasteiger partial charge < -0.3 is 10.1 Å². The SMILES string of the molecule is COc1ccc(C2(C(C)c3ccc4ccccc4c3)C(=O)Nc3cc(Cl)cc(Cl)c3C2=O)cc1. The van der Waals surface area contributed by atoms with Crippen molar-refractivity contribution in [2.24, 2.45) is 0 Å². The topological polar surface area (TPSA) is 55.4 Å². The summed E-state index contributed by atoms with van der Waals surface area (Å²) in [7, 11) is 1.57. The maximum atomic E-state index is 14.3. The first-order chi connectivity index (χ1) is 16.4. The van der Waals surface area contributed by atoms with Gasteiger partial charge in [0.05, 0.1) is 23.4 Å². The van der Waals surface area contributed by atoms with Gasteiger partial charge in [-0.3, -0.25) is 9.59 Å². The van der Waals surface area contributed by atoms with Crippen LogP contribution in [0.2, 0.25) is 10.0 Å². The van der Waals surface area contributed by atoms with Gasteiger partial charge in [-0.05, 0) is 46.2 Å². The molecule has 1 aliphatic heterocycles. The second-order valence-corrected chi connectivity index (χ2v) is 9.30. The van der Waals surface area contributed by atoms with Crippen molar-refractivity contribution >= 4 is 51.4 Å². The van der Waals surface area contributed by atoms with Gasteiger partial charge in [0.15, 0.2) is 5.78 Å². The number of ketones is 1. The van der Waals surface area contributed by atoms with E-state index in [4.69, 9.17) is 27.9 Å². The van der Waals surface area contributed by atoms with Gasteiger partial charge in [0.1, 0.15) is 11.2 Å². The van der Waals surface area contributed by atoms with Crippen LogP contribution in [0.1, 0.15) is 34.3 Å². The number of benzene rings is 4. The van der Waals surface area contributed by atoms with Crippen LogP contribution >= 0.6 is 23.2 Å². The Hall–Kier alpha value is -3.34. The van der Waals surface area contributed by atoms with Gasteiger partial charge in [-0.2, -0.15) is 0 Å².